The lowest BCUT2D eigenvalue weighted by atomic mass is 10.00. The van der Waals surface area contributed by atoms with Crippen LogP contribution in [0.15, 0.2) is 43.1 Å². The van der Waals surface area contributed by atoms with Crippen LogP contribution in [-0.2, 0) is 6.42 Å². The lowest BCUT2D eigenvalue weighted by Gasteiger charge is -2.34. The van der Waals surface area contributed by atoms with Crippen LogP contribution >= 0.6 is 0 Å². The Hall–Kier alpha value is -3.89. The van der Waals surface area contributed by atoms with Gasteiger partial charge in [-0.15, -0.1) is 0 Å². The van der Waals surface area contributed by atoms with Gasteiger partial charge in [0.2, 0.25) is 0 Å². The molecule has 6 rings (SSSR count). The zero-order valence-electron chi connectivity index (χ0n) is 16.7. The van der Waals surface area contributed by atoms with E-state index < -0.39 is 24.2 Å². The van der Waals surface area contributed by atoms with Crippen molar-refractivity contribution in [3.63, 3.8) is 0 Å². The molecule has 1 amide bonds. The van der Waals surface area contributed by atoms with Gasteiger partial charge in [-0.3, -0.25) is 4.79 Å². The van der Waals surface area contributed by atoms with E-state index in [0.29, 0.717) is 36.4 Å². The van der Waals surface area contributed by atoms with Gasteiger partial charge in [-0.05, 0) is 18.2 Å². The fraction of sp³-hybridized carbons (Fsp3) is 0.286. The highest BCUT2D eigenvalue weighted by atomic mass is 19.1. The van der Waals surface area contributed by atoms with E-state index in [1.165, 1.54) is 23.0 Å². The molecule has 1 aliphatic heterocycles. The Morgan fingerprint density at radius 2 is 2.12 bits per heavy atom. The Kier molecular flexibility index (Phi) is 4.17. The van der Waals surface area contributed by atoms with Gasteiger partial charge in [-0.1, -0.05) is 0 Å². The van der Waals surface area contributed by atoms with Crippen LogP contribution in [-0.4, -0.2) is 54.2 Å². The number of halogens is 2. The maximum absolute atomic E-state index is 14.3. The fourth-order valence-corrected chi connectivity index (χ4v) is 4.10. The van der Waals surface area contributed by atoms with Crippen molar-refractivity contribution in [2.75, 3.05) is 11.4 Å². The molecular weight excluding hydrogens is 418 g/mol. The number of aromatic amines is 1. The van der Waals surface area contributed by atoms with Crippen LogP contribution in [0.3, 0.4) is 0 Å². The van der Waals surface area contributed by atoms with Crippen LogP contribution < -0.4 is 10.2 Å². The van der Waals surface area contributed by atoms with Gasteiger partial charge in [0, 0.05) is 31.3 Å². The highest BCUT2D eigenvalue weighted by molar-refractivity contribution is 5.92. The highest BCUT2D eigenvalue weighted by Gasteiger charge is 2.39. The molecule has 5 heterocycles. The third kappa shape index (κ3) is 3.08. The van der Waals surface area contributed by atoms with Crippen LogP contribution in [0.2, 0.25) is 0 Å². The van der Waals surface area contributed by atoms with Crippen molar-refractivity contribution in [2.24, 2.45) is 0 Å². The maximum atomic E-state index is 14.3. The zero-order chi connectivity index (χ0) is 21.8. The van der Waals surface area contributed by atoms with E-state index in [4.69, 9.17) is 0 Å². The van der Waals surface area contributed by atoms with Crippen LogP contribution in [0.4, 0.5) is 14.6 Å². The molecule has 11 heteroatoms. The van der Waals surface area contributed by atoms with Crippen molar-refractivity contribution < 1.29 is 13.6 Å². The summed E-state index contributed by atoms with van der Waals surface area (Å²) in [6.45, 7) is 0.599. The summed E-state index contributed by atoms with van der Waals surface area (Å²) in [4.78, 5) is 30.5. The molecular formula is C21H18F2N8O. The number of fused-ring (bicyclic) bond motifs is 2. The third-order valence-electron chi connectivity index (χ3n) is 5.87. The maximum Gasteiger partial charge on any atom is 0.271 e. The minimum absolute atomic E-state index is 0.122. The summed E-state index contributed by atoms with van der Waals surface area (Å²) in [5.41, 5.74) is 2.88. The summed E-state index contributed by atoms with van der Waals surface area (Å²) in [6, 6.07) is 3.84. The Labute approximate surface area is 180 Å². The van der Waals surface area contributed by atoms with E-state index in [-0.39, 0.29) is 11.5 Å². The number of alkyl halides is 1. The summed E-state index contributed by atoms with van der Waals surface area (Å²) < 4.78 is 28.8. The monoisotopic (exact) mass is 436 g/mol. The molecule has 3 atom stereocenters. The molecule has 2 N–H and O–H groups in total. The van der Waals surface area contributed by atoms with Gasteiger partial charge in [0.15, 0.2) is 0 Å². The summed E-state index contributed by atoms with van der Waals surface area (Å²) in [7, 11) is 0. The SMILES string of the molecule is O=C(N[C@@H]1C[C@@H]1F)c1cnc(N2CCc3[nH]cnc3[C@@H]2c2cc3c(F)cccn3n2)cn1. The molecule has 2 aliphatic rings. The number of H-pyrrole nitrogens is 1. The standard InChI is InChI=1S/C21H18F2N8O/c22-11-2-1-4-31-17(11)7-15(29-31)20-19-13(26-10-27-19)3-5-30(20)18-9-24-16(8-25-18)21(32)28-14-6-12(14)23/h1-2,4,7-10,12,14,20H,3,5-6H2,(H,26,27)(H,28,32)/t12-,14+,20-/m0/s1. The van der Waals surface area contributed by atoms with Crippen molar-refractivity contribution >= 4 is 17.2 Å². The van der Waals surface area contributed by atoms with E-state index in [2.05, 4.69) is 30.4 Å². The molecule has 162 valence electrons. The van der Waals surface area contributed by atoms with Crippen LogP contribution in [0, 0.1) is 5.82 Å². The number of anilines is 1. The summed E-state index contributed by atoms with van der Waals surface area (Å²) in [6.07, 6.45) is 6.26. The largest absolute Gasteiger partial charge is 0.348 e. The van der Waals surface area contributed by atoms with Crippen molar-refractivity contribution in [3.05, 3.63) is 71.7 Å². The third-order valence-corrected chi connectivity index (χ3v) is 5.87. The highest BCUT2D eigenvalue weighted by Crippen LogP contribution is 2.36. The molecule has 4 aromatic rings. The first-order valence-electron chi connectivity index (χ1n) is 10.3. The molecule has 0 unspecified atom stereocenters. The van der Waals surface area contributed by atoms with Crippen LogP contribution in [0.5, 0.6) is 0 Å². The van der Waals surface area contributed by atoms with E-state index in [1.54, 1.807) is 24.7 Å². The van der Waals surface area contributed by atoms with E-state index >= 15 is 0 Å². The Balaban J connectivity index is 1.35. The molecule has 1 saturated carbocycles. The first-order chi connectivity index (χ1) is 15.6. The van der Waals surface area contributed by atoms with E-state index in [1.807, 2.05) is 4.90 Å². The molecule has 4 aromatic heterocycles. The first-order valence-corrected chi connectivity index (χ1v) is 10.3. The molecule has 0 aromatic carbocycles. The quantitative estimate of drug-likeness (QED) is 0.507. The Morgan fingerprint density at radius 1 is 1.25 bits per heavy atom. The van der Waals surface area contributed by atoms with Gasteiger partial charge in [0.05, 0.1) is 36.2 Å². The molecule has 32 heavy (non-hydrogen) atoms. The molecule has 0 bridgehead atoms. The van der Waals surface area contributed by atoms with E-state index in [0.717, 1.165) is 11.4 Å². The number of hydrogen-bond acceptors (Lipinski definition) is 6. The number of hydrogen-bond donors (Lipinski definition) is 2. The summed E-state index contributed by atoms with van der Waals surface area (Å²) >= 11 is 0. The zero-order valence-corrected chi connectivity index (χ0v) is 16.7. The molecule has 0 spiro atoms. The molecule has 0 saturated heterocycles. The van der Waals surface area contributed by atoms with Crippen molar-refractivity contribution in [3.8, 4) is 0 Å². The minimum Gasteiger partial charge on any atom is -0.348 e. The lowest BCUT2D eigenvalue weighted by molar-refractivity contribution is 0.0942. The molecule has 0 radical (unpaired) electrons. The number of amides is 1. The molecule has 1 aliphatic carbocycles. The van der Waals surface area contributed by atoms with Crippen LogP contribution in [0.1, 0.15) is 40.0 Å². The summed E-state index contributed by atoms with van der Waals surface area (Å²) in [5.74, 6) is -0.278. The first kappa shape index (κ1) is 18.8. The number of imidazole rings is 1. The number of nitrogens with zero attached hydrogens (tertiary/aromatic N) is 6. The number of carbonyl (C=O) groups excluding carboxylic acids is 1. The normalized spacial score (nSPS) is 22.1. The predicted octanol–water partition coefficient (Wildman–Crippen LogP) is 1.98. The predicted molar refractivity (Wildman–Crippen MR) is 109 cm³/mol. The second-order valence-corrected chi connectivity index (χ2v) is 7.96. The minimum atomic E-state index is -0.987. The lowest BCUT2D eigenvalue weighted by Crippen LogP contribution is -2.37. The second-order valence-electron chi connectivity index (χ2n) is 7.96. The second kappa shape index (κ2) is 7.08. The molecule has 1 fully saturated rings. The number of rotatable bonds is 4. The van der Waals surface area contributed by atoms with Gasteiger partial charge in [-0.2, -0.15) is 5.10 Å². The van der Waals surface area contributed by atoms with Crippen molar-refractivity contribution in [1.29, 1.82) is 0 Å². The number of nitrogens with one attached hydrogen (secondary N) is 2. The van der Waals surface area contributed by atoms with Gasteiger partial charge < -0.3 is 15.2 Å². The van der Waals surface area contributed by atoms with Gasteiger partial charge in [-0.25, -0.2) is 28.2 Å². The summed E-state index contributed by atoms with van der Waals surface area (Å²) in [5, 5.41) is 7.17. The van der Waals surface area contributed by atoms with Crippen LogP contribution in [0.25, 0.3) is 5.52 Å². The average Bonchev–Trinajstić information content (AvgIpc) is 3.20. The van der Waals surface area contributed by atoms with E-state index in [9.17, 15) is 13.6 Å². The van der Waals surface area contributed by atoms with Gasteiger partial charge in [0.1, 0.15) is 35.1 Å². The Morgan fingerprint density at radius 3 is 2.88 bits per heavy atom. The van der Waals surface area contributed by atoms with Gasteiger partial charge >= 0.3 is 0 Å². The fourth-order valence-electron chi connectivity index (χ4n) is 4.10. The number of carbonyl (C=O) groups is 1. The van der Waals surface area contributed by atoms with Crippen molar-refractivity contribution in [2.45, 2.75) is 31.1 Å². The smallest absolute Gasteiger partial charge is 0.271 e. The topological polar surface area (TPSA) is 104 Å². The molecule has 9 nitrogen and oxygen atoms in total. The number of pyridine rings is 1. The average molecular weight is 436 g/mol. The Bertz CT molecular complexity index is 1320. The number of aromatic nitrogens is 6. The van der Waals surface area contributed by atoms with Gasteiger partial charge in [0.25, 0.3) is 5.91 Å². The van der Waals surface area contributed by atoms with Crippen molar-refractivity contribution in [1.82, 2.24) is 34.9 Å².